The van der Waals surface area contributed by atoms with Gasteiger partial charge in [0.15, 0.2) is 0 Å². The van der Waals surface area contributed by atoms with E-state index in [-0.39, 0.29) is 29.4 Å². The van der Waals surface area contributed by atoms with E-state index in [1.54, 1.807) is 28.7 Å². The molecule has 3 aromatic carbocycles. The molecular formula is C32H31ClN4O5S. The lowest BCUT2D eigenvalue weighted by atomic mass is 9.99. The van der Waals surface area contributed by atoms with Gasteiger partial charge in [-0.05, 0) is 42.5 Å². The van der Waals surface area contributed by atoms with Crippen LogP contribution in [0.15, 0.2) is 72.8 Å². The first-order valence-electron chi connectivity index (χ1n) is 13.9. The predicted molar refractivity (Wildman–Crippen MR) is 168 cm³/mol. The average Bonchev–Trinajstić information content (AvgIpc) is 3.38. The van der Waals surface area contributed by atoms with Gasteiger partial charge in [-0.3, -0.25) is 14.5 Å². The number of thioether (sulfide) groups is 1. The Kier molecular flexibility index (Phi) is 8.60. The summed E-state index contributed by atoms with van der Waals surface area (Å²) >= 11 is 7.77. The Hall–Kier alpha value is -3.99. The number of amides is 2. The zero-order chi connectivity index (χ0) is 29.9. The number of carbonyl (C=O) groups is 2. The first-order valence-corrected chi connectivity index (χ1v) is 15.3. The van der Waals surface area contributed by atoms with Gasteiger partial charge in [-0.25, -0.2) is 4.68 Å². The highest BCUT2D eigenvalue weighted by Gasteiger charge is 2.39. The Morgan fingerprint density at radius 3 is 2.42 bits per heavy atom. The predicted octanol–water partition coefficient (Wildman–Crippen LogP) is 5.24. The van der Waals surface area contributed by atoms with E-state index in [0.717, 1.165) is 22.4 Å². The summed E-state index contributed by atoms with van der Waals surface area (Å²) in [4.78, 5) is 31.0. The van der Waals surface area contributed by atoms with Crippen LogP contribution >= 0.6 is 23.4 Å². The number of ether oxygens (including phenoxy) is 3. The zero-order valence-electron chi connectivity index (χ0n) is 23.9. The third-order valence-electron chi connectivity index (χ3n) is 7.60. The summed E-state index contributed by atoms with van der Waals surface area (Å²) in [5.74, 6) is 1.79. The minimum Gasteiger partial charge on any atom is -0.497 e. The highest BCUT2D eigenvalue weighted by atomic mass is 35.5. The summed E-state index contributed by atoms with van der Waals surface area (Å²) in [5, 5.41) is 5.42. The second-order valence-electron chi connectivity index (χ2n) is 10.1. The van der Waals surface area contributed by atoms with Crippen LogP contribution in [0.5, 0.6) is 11.5 Å². The number of aromatic nitrogens is 2. The Bertz CT molecular complexity index is 1620. The van der Waals surface area contributed by atoms with Crippen molar-refractivity contribution in [1.29, 1.82) is 0 Å². The van der Waals surface area contributed by atoms with Crippen LogP contribution in [-0.2, 0) is 14.3 Å². The molecule has 2 aliphatic rings. The molecule has 11 heteroatoms. The summed E-state index contributed by atoms with van der Waals surface area (Å²) in [7, 11) is 3.25. The monoisotopic (exact) mass is 618 g/mol. The number of morpholine rings is 1. The SMILES string of the molecule is COc1ccc(-n2nc(-c3ccc(Cl)cc3)c3c2N(CC(=O)N2CCOCC2)C(=O)CSC3c2ccccc2OC)cc1. The zero-order valence-corrected chi connectivity index (χ0v) is 25.4. The van der Waals surface area contributed by atoms with Gasteiger partial charge in [0, 0.05) is 34.8 Å². The van der Waals surface area contributed by atoms with E-state index in [1.807, 2.05) is 72.8 Å². The Morgan fingerprint density at radius 2 is 1.72 bits per heavy atom. The van der Waals surface area contributed by atoms with Gasteiger partial charge in [-0.15, -0.1) is 11.8 Å². The second-order valence-corrected chi connectivity index (χ2v) is 11.6. The number of hydrogen-bond acceptors (Lipinski definition) is 7. The second kappa shape index (κ2) is 12.7. The number of anilines is 1. The molecule has 1 unspecified atom stereocenters. The Labute approximate surface area is 259 Å². The number of hydrogen-bond donors (Lipinski definition) is 0. The van der Waals surface area contributed by atoms with Gasteiger partial charge in [0.2, 0.25) is 11.8 Å². The van der Waals surface area contributed by atoms with E-state index >= 15 is 0 Å². The first kappa shape index (κ1) is 29.1. The van der Waals surface area contributed by atoms with Crippen LogP contribution in [0.3, 0.4) is 0 Å². The molecule has 2 aliphatic heterocycles. The molecule has 1 fully saturated rings. The van der Waals surface area contributed by atoms with Crippen molar-refractivity contribution in [3.63, 3.8) is 0 Å². The molecule has 1 aromatic heterocycles. The number of carbonyl (C=O) groups excluding carboxylic acids is 2. The van der Waals surface area contributed by atoms with Crippen LogP contribution < -0.4 is 14.4 Å². The maximum atomic E-state index is 14.0. The molecule has 0 N–H and O–H groups in total. The summed E-state index contributed by atoms with van der Waals surface area (Å²) in [6.45, 7) is 1.80. The summed E-state index contributed by atoms with van der Waals surface area (Å²) in [5.41, 5.74) is 3.97. The van der Waals surface area contributed by atoms with Gasteiger partial charge in [0.25, 0.3) is 0 Å². The quantitative estimate of drug-likeness (QED) is 0.280. The van der Waals surface area contributed by atoms with Crippen LogP contribution in [0.2, 0.25) is 5.02 Å². The number of nitrogens with zero attached hydrogens (tertiary/aromatic N) is 4. The molecule has 9 nitrogen and oxygen atoms in total. The summed E-state index contributed by atoms with van der Waals surface area (Å²) < 4.78 is 18.4. The van der Waals surface area contributed by atoms with E-state index in [1.165, 1.54) is 11.8 Å². The largest absolute Gasteiger partial charge is 0.497 e. The van der Waals surface area contributed by atoms with Crippen molar-refractivity contribution in [2.45, 2.75) is 5.25 Å². The van der Waals surface area contributed by atoms with Gasteiger partial charge >= 0.3 is 0 Å². The minimum absolute atomic E-state index is 0.118. The number of methoxy groups -OCH3 is 2. The third-order valence-corrected chi connectivity index (χ3v) is 9.09. The Morgan fingerprint density at radius 1 is 1.00 bits per heavy atom. The average molecular weight is 619 g/mol. The van der Waals surface area contributed by atoms with E-state index in [2.05, 4.69) is 0 Å². The first-order chi connectivity index (χ1) is 21.0. The maximum Gasteiger partial charge on any atom is 0.242 e. The fraction of sp³-hybridized carbons (Fsp3) is 0.281. The maximum absolute atomic E-state index is 14.0. The number of fused-ring (bicyclic) bond motifs is 1. The van der Waals surface area contributed by atoms with Gasteiger partial charge in [-0.1, -0.05) is 41.9 Å². The Balaban J connectivity index is 1.60. The molecular weight excluding hydrogens is 588 g/mol. The molecule has 1 saturated heterocycles. The van der Waals surface area contributed by atoms with Crippen molar-refractivity contribution in [2.75, 3.05) is 57.7 Å². The van der Waals surface area contributed by atoms with E-state index in [4.69, 9.17) is 30.9 Å². The molecule has 0 radical (unpaired) electrons. The fourth-order valence-corrected chi connectivity index (χ4v) is 6.77. The van der Waals surface area contributed by atoms with Crippen molar-refractivity contribution in [3.8, 4) is 28.4 Å². The van der Waals surface area contributed by atoms with Crippen molar-refractivity contribution >= 4 is 41.0 Å². The highest BCUT2D eigenvalue weighted by Crippen LogP contribution is 2.50. The smallest absolute Gasteiger partial charge is 0.242 e. The molecule has 4 aromatic rings. The van der Waals surface area contributed by atoms with Crippen LogP contribution in [-0.4, -0.2) is 79.3 Å². The lowest BCUT2D eigenvalue weighted by Crippen LogP contribution is -2.48. The van der Waals surface area contributed by atoms with Crippen LogP contribution in [0, 0.1) is 0 Å². The molecule has 43 heavy (non-hydrogen) atoms. The van der Waals surface area contributed by atoms with Gasteiger partial charge in [0.05, 0.1) is 49.8 Å². The van der Waals surface area contributed by atoms with Gasteiger partial charge < -0.3 is 19.1 Å². The van der Waals surface area contributed by atoms with Crippen molar-refractivity contribution < 1.29 is 23.8 Å². The highest BCUT2D eigenvalue weighted by molar-refractivity contribution is 8.00. The molecule has 0 aliphatic carbocycles. The van der Waals surface area contributed by atoms with Crippen LogP contribution in [0.25, 0.3) is 16.9 Å². The molecule has 0 bridgehead atoms. The molecule has 222 valence electrons. The topological polar surface area (TPSA) is 86.1 Å². The van der Waals surface area contributed by atoms with Crippen molar-refractivity contribution in [2.24, 2.45) is 0 Å². The molecule has 0 saturated carbocycles. The van der Waals surface area contributed by atoms with E-state index in [9.17, 15) is 9.59 Å². The number of rotatable bonds is 7. The fourth-order valence-electron chi connectivity index (χ4n) is 5.42. The molecule has 1 atom stereocenters. The van der Waals surface area contributed by atoms with Crippen LogP contribution in [0.1, 0.15) is 16.4 Å². The normalized spacial score (nSPS) is 16.9. The minimum atomic E-state index is -0.323. The molecule has 0 spiro atoms. The van der Waals surface area contributed by atoms with Crippen molar-refractivity contribution in [1.82, 2.24) is 14.7 Å². The summed E-state index contributed by atoms with van der Waals surface area (Å²) in [6.07, 6.45) is 0. The van der Waals surface area contributed by atoms with Crippen molar-refractivity contribution in [3.05, 3.63) is 88.9 Å². The number of halogens is 1. The summed E-state index contributed by atoms with van der Waals surface area (Å²) in [6, 6.07) is 22.8. The van der Waals surface area contributed by atoms with Gasteiger partial charge in [-0.2, -0.15) is 5.10 Å². The number of para-hydroxylation sites is 1. The van der Waals surface area contributed by atoms with E-state index in [0.29, 0.717) is 54.3 Å². The molecule has 3 heterocycles. The standard InChI is InChI=1S/C32H31ClN4O5S/c1-40-24-13-11-23(12-14-24)37-32-29(30(34-37)21-7-9-22(33)10-8-21)31(25-5-3-4-6-26(25)41-2)43-20-28(39)36(32)19-27(38)35-15-17-42-18-16-35/h3-14,31H,15-20H2,1-2H3. The third kappa shape index (κ3) is 5.82. The lowest BCUT2D eigenvalue weighted by Gasteiger charge is -2.30. The molecule has 2 amide bonds. The van der Waals surface area contributed by atoms with E-state index < -0.39 is 0 Å². The lowest BCUT2D eigenvalue weighted by molar-refractivity contribution is -0.134. The van der Waals surface area contributed by atoms with Crippen LogP contribution in [0.4, 0.5) is 5.82 Å². The number of benzene rings is 3. The van der Waals surface area contributed by atoms with Gasteiger partial charge in [0.1, 0.15) is 23.9 Å². The molecule has 6 rings (SSSR count).